The predicted molar refractivity (Wildman–Crippen MR) is 274 cm³/mol. The fourth-order valence-corrected chi connectivity index (χ4v) is 18.6. The predicted octanol–water partition coefficient (Wildman–Crippen LogP) is 9.46. The molecule has 0 aromatic heterocycles. The van der Waals surface area contributed by atoms with Gasteiger partial charge in [0.15, 0.2) is 40.7 Å². The molecule has 17 heteroatoms. The van der Waals surface area contributed by atoms with Crippen LogP contribution in [-0.4, -0.2) is 146 Å². The van der Waals surface area contributed by atoms with Crippen LogP contribution in [0, 0.1) is 46.8 Å². The molecule has 4 aliphatic rings. The van der Waals surface area contributed by atoms with E-state index in [9.17, 15) is 14.9 Å². The number of hydrogen-bond donors (Lipinski definition) is 0. The third-order valence-corrected chi connectivity index (χ3v) is 27.3. The van der Waals surface area contributed by atoms with Crippen LogP contribution in [0.15, 0.2) is 0 Å². The zero-order chi connectivity index (χ0) is 52.9. The minimum absolute atomic E-state index is 0.0474. The van der Waals surface area contributed by atoms with E-state index in [0.29, 0.717) is 6.42 Å². The van der Waals surface area contributed by atoms with E-state index in [2.05, 4.69) is 73.5 Å². The second kappa shape index (κ2) is 24.7. The van der Waals surface area contributed by atoms with Crippen molar-refractivity contribution in [2.75, 3.05) is 28.3 Å². The number of cyclic esters (lactones) is 1. The Morgan fingerprint density at radius 2 is 1.26 bits per heavy atom. The smallest absolute Gasteiger partial charge is 0.324 e. The van der Waals surface area contributed by atoms with Gasteiger partial charge in [-0.05, 0) is 111 Å². The standard InChI is InChI=1S/C53H96N2O13Si2/c1-21-40-53(16)42(38(31-54)49(58)66-53)34(10)43(56)32(8)29-51(14,59-19)46(65-50-45(67-69(22-2,23-3)24-4)39(55(17)18)28-33(9)61-50)35(11)44(36(12)48(57)63-40)64-41-30-52(15,60-20)47(37(13)62-41)68-70(25-5,26-6)27-7/h32-42,44-47,50H,21-30H2,1-20H3/t32-,33-,34-,35+,36-,37+,38+,39+,40+,41-,42+,44-,45-,46-,47+,50+,51-,52-,53-/m1/s1. The molecule has 0 spiro atoms. The molecular formula is C53H96N2O13Si2. The molecule has 404 valence electrons. The summed E-state index contributed by atoms with van der Waals surface area (Å²) in [5.41, 5.74) is -3.52. The van der Waals surface area contributed by atoms with Crippen molar-refractivity contribution in [2.45, 2.75) is 251 Å². The van der Waals surface area contributed by atoms with Crippen LogP contribution in [0.1, 0.15) is 136 Å². The Bertz CT molecular complexity index is 1760. The zero-order valence-corrected chi connectivity index (χ0v) is 49.0. The molecule has 15 nitrogen and oxygen atoms in total. The summed E-state index contributed by atoms with van der Waals surface area (Å²) in [7, 11) is 3.06. The van der Waals surface area contributed by atoms with Crippen LogP contribution in [0.2, 0.25) is 36.3 Å². The lowest BCUT2D eigenvalue weighted by Crippen LogP contribution is -2.63. The normalized spacial score (nSPS) is 41.6. The number of nitrogens with zero attached hydrogens (tertiary/aromatic N) is 2. The van der Waals surface area contributed by atoms with Gasteiger partial charge in [0.05, 0.1) is 53.7 Å². The lowest BCUT2D eigenvalue weighted by atomic mass is 9.67. The second-order valence-electron chi connectivity index (χ2n) is 22.4. The van der Waals surface area contributed by atoms with Gasteiger partial charge in [0.2, 0.25) is 0 Å². The Morgan fingerprint density at radius 1 is 0.714 bits per heavy atom. The Labute approximate surface area is 424 Å². The molecule has 0 aromatic rings. The fraction of sp³-hybridized carbons (Fsp3) is 0.925. The molecule has 70 heavy (non-hydrogen) atoms. The van der Waals surface area contributed by atoms with Gasteiger partial charge in [-0.25, -0.2) is 0 Å². The summed E-state index contributed by atoms with van der Waals surface area (Å²) < 4.78 is 68.6. The first-order chi connectivity index (χ1) is 32.8. The van der Waals surface area contributed by atoms with Crippen LogP contribution >= 0.6 is 0 Å². The van der Waals surface area contributed by atoms with Crippen LogP contribution < -0.4 is 0 Å². The maximum Gasteiger partial charge on any atom is 0.324 e. The van der Waals surface area contributed by atoms with E-state index in [1.54, 1.807) is 35.0 Å². The number of fused-ring (bicyclic) bond motifs is 1. The number of methoxy groups -OCH3 is 2. The summed E-state index contributed by atoms with van der Waals surface area (Å²) in [6, 6.07) is 7.75. The molecule has 4 rings (SSSR count). The first-order valence-electron chi connectivity index (χ1n) is 26.9. The Morgan fingerprint density at radius 3 is 1.76 bits per heavy atom. The summed E-state index contributed by atoms with van der Waals surface area (Å²) in [4.78, 5) is 45.8. The van der Waals surface area contributed by atoms with Crippen LogP contribution in [-0.2, 0) is 61.1 Å². The lowest BCUT2D eigenvalue weighted by Gasteiger charge is -2.52. The highest BCUT2D eigenvalue weighted by Gasteiger charge is 2.62. The molecule has 0 N–H and O–H groups in total. The summed E-state index contributed by atoms with van der Waals surface area (Å²) in [6.45, 7) is 32.2. The van der Waals surface area contributed by atoms with Gasteiger partial charge in [0, 0.05) is 50.4 Å². The number of ether oxygens (including phenoxy) is 8. The molecule has 0 saturated carbocycles. The minimum atomic E-state index is -2.26. The highest BCUT2D eigenvalue weighted by molar-refractivity contribution is 6.74. The molecule has 0 radical (unpaired) electrons. The third kappa shape index (κ3) is 12.3. The molecule has 4 aliphatic heterocycles. The summed E-state index contributed by atoms with van der Waals surface area (Å²) in [5.74, 6) is -6.77. The molecule has 0 aliphatic carbocycles. The van der Waals surface area contributed by atoms with Crippen LogP contribution in [0.25, 0.3) is 0 Å². The van der Waals surface area contributed by atoms with Gasteiger partial charge >= 0.3 is 11.9 Å². The fourth-order valence-electron chi connectivity index (χ4n) is 12.8. The molecular weight excluding hydrogens is 929 g/mol. The molecule has 0 aromatic carbocycles. The minimum Gasteiger partial charge on any atom is -0.458 e. The highest BCUT2D eigenvalue weighted by Crippen LogP contribution is 2.49. The molecule has 4 saturated heterocycles. The second-order valence-corrected chi connectivity index (χ2v) is 31.8. The average Bonchev–Trinajstić information content (AvgIpc) is 3.61. The van der Waals surface area contributed by atoms with Gasteiger partial charge < -0.3 is 51.6 Å². The average molecular weight is 1030 g/mol. The van der Waals surface area contributed by atoms with E-state index in [4.69, 9.17) is 46.7 Å². The van der Waals surface area contributed by atoms with E-state index >= 15 is 4.79 Å². The molecule has 4 fully saturated rings. The Kier molecular flexibility index (Phi) is 21.4. The van der Waals surface area contributed by atoms with Crippen molar-refractivity contribution in [3.05, 3.63) is 0 Å². The van der Waals surface area contributed by atoms with Crippen molar-refractivity contribution < 1.29 is 61.1 Å². The maximum absolute atomic E-state index is 15.1. The van der Waals surface area contributed by atoms with Gasteiger partial charge in [0.25, 0.3) is 0 Å². The van der Waals surface area contributed by atoms with E-state index in [0.717, 1.165) is 42.7 Å². The van der Waals surface area contributed by atoms with Crippen molar-refractivity contribution in [1.29, 1.82) is 5.26 Å². The number of ketones is 1. The van der Waals surface area contributed by atoms with Crippen molar-refractivity contribution in [3.63, 3.8) is 0 Å². The van der Waals surface area contributed by atoms with Crippen molar-refractivity contribution in [1.82, 2.24) is 4.90 Å². The summed E-state index contributed by atoms with van der Waals surface area (Å²) >= 11 is 0. The zero-order valence-electron chi connectivity index (χ0n) is 47.0. The first kappa shape index (κ1) is 60.7. The lowest BCUT2D eigenvalue weighted by molar-refractivity contribution is -0.317. The van der Waals surface area contributed by atoms with Gasteiger partial charge in [-0.15, -0.1) is 0 Å². The van der Waals surface area contributed by atoms with E-state index in [1.165, 1.54) is 0 Å². The van der Waals surface area contributed by atoms with E-state index in [1.807, 2.05) is 41.5 Å². The molecule has 0 amide bonds. The quantitative estimate of drug-likeness (QED) is 0.0939. The Balaban J connectivity index is 1.97. The van der Waals surface area contributed by atoms with Gasteiger partial charge in [0.1, 0.15) is 18.0 Å². The van der Waals surface area contributed by atoms with E-state index < -0.39 is 124 Å². The first-order valence-corrected chi connectivity index (χ1v) is 31.9. The molecule has 4 heterocycles. The number of rotatable bonds is 18. The summed E-state index contributed by atoms with van der Waals surface area (Å²) in [5, 5.41) is 10.4. The number of likely N-dealkylation sites (N-methyl/N-ethyl adjacent to an activating group) is 1. The van der Waals surface area contributed by atoms with Crippen molar-refractivity contribution >= 4 is 34.4 Å². The van der Waals surface area contributed by atoms with Crippen LogP contribution in [0.3, 0.4) is 0 Å². The Hall–Kier alpha value is -1.83. The number of carbonyl (C=O) groups excluding carboxylic acids is 3. The number of carbonyl (C=O) groups is 3. The highest BCUT2D eigenvalue weighted by atomic mass is 28.4. The SMILES string of the molecule is CC[C@@H]1OC(=O)[C@H](C)[C@H](O[C@@H]2C[C@@](C)(OC)[C@@H](O[Si](CC)(CC)CC)[C@H](C)O2)[C@H](C)[C@@H](O[C@@H]2O[C@H](C)C[C@H](N(C)C)[C@H]2O[Si](CC)(CC)CC)[C@](C)(OC)C[C@@H](C)C(=O)[C@H](C)[C@H]2[C@H](C#N)C(=O)O[C@@]21C. The van der Waals surface area contributed by atoms with Gasteiger partial charge in [-0.3, -0.25) is 14.4 Å². The maximum atomic E-state index is 15.1. The van der Waals surface area contributed by atoms with Gasteiger partial charge in [-0.2, -0.15) is 5.26 Å². The summed E-state index contributed by atoms with van der Waals surface area (Å²) in [6.07, 6.45) is -4.58. The van der Waals surface area contributed by atoms with Gasteiger partial charge in [-0.1, -0.05) is 69.2 Å². The molecule has 0 unspecified atom stereocenters. The third-order valence-electron chi connectivity index (χ3n) is 18.0. The largest absolute Gasteiger partial charge is 0.458 e. The van der Waals surface area contributed by atoms with Crippen molar-refractivity contribution in [2.24, 2.45) is 35.5 Å². The molecule has 0 bridgehead atoms. The number of nitriles is 1. The number of esters is 2. The van der Waals surface area contributed by atoms with Crippen LogP contribution in [0.4, 0.5) is 0 Å². The van der Waals surface area contributed by atoms with Crippen molar-refractivity contribution in [3.8, 4) is 6.07 Å². The molecule has 19 atom stereocenters. The topological polar surface area (TPSA) is 171 Å². The number of hydrogen-bond acceptors (Lipinski definition) is 15. The van der Waals surface area contributed by atoms with Crippen LogP contribution in [0.5, 0.6) is 0 Å². The van der Waals surface area contributed by atoms with E-state index in [-0.39, 0.29) is 36.9 Å². The number of Topliss-reactive ketones (excluding diaryl/α,β-unsaturated/α-hetero) is 1. The monoisotopic (exact) mass is 1020 g/mol.